The third kappa shape index (κ3) is 4.28. The highest BCUT2D eigenvalue weighted by molar-refractivity contribution is 6.30. The number of imidazole rings is 1. The number of pyridine rings is 1. The van der Waals surface area contributed by atoms with Crippen LogP contribution < -0.4 is 16.0 Å². The second-order valence-electron chi connectivity index (χ2n) is 9.09. The predicted molar refractivity (Wildman–Crippen MR) is 157 cm³/mol. The van der Waals surface area contributed by atoms with Gasteiger partial charge in [-0.25, -0.2) is 19.3 Å². The van der Waals surface area contributed by atoms with Crippen molar-refractivity contribution in [1.82, 2.24) is 23.7 Å². The normalized spacial score (nSPS) is 11.2. The first-order valence-electron chi connectivity index (χ1n) is 12.7. The number of para-hydroxylation sites is 1. The monoisotopic (exact) mass is 549 g/mol. The summed E-state index contributed by atoms with van der Waals surface area (Å²) in [6.07, 6.45) is 1.74. The topological polar surface area (TPSA) is 83.9 Å². The van der Waals surface area contributed by atoms with Crippen molar-refractivity contribution in [1.29, 1.82) is 0 Å². The van der Waals surface area contributed by atoms with Gasteiger partial charge >= 0.3 is 5.69 Å². The highest BCUT2D eigenvalue weighted by atomic mass is 35.5. The highest BCUT2D eigenvalue weighted by Gasteiger charge is 2.23. The number of fused-ring (bicyclic) bond motifs is 1. The Bertz CT molecular complexity index is 1940. The Balaban J connectivity index is 1.62. The second kappa shape index (κ2) is 10.3. The molecule has 0 fully saturated rings. The zero-order valence-corrected chi connectivity index (χ0v) is 22.5. The van der Waals surface area contributed by atoms with Crippen molar-refractivity contribution in [2.45, 2.75) is 13.5 Å². The van der Waals surface area contributed by atoms with Crippen LogP contribution >= 0.6 is 11.6 Å². The van der Waals surface area contributed by atoms with Crippen LogP contribution in [0.4, 0.5) is 0 Å². The maximum atomic E-state index is 14.2. The number of halogens is 1. The summed E-state index contributed by atoms with van der Waals surface area (Å²) >= 11 is 6.16. The van der Waals surface area contributed by atoms with Gasteiger partial charge in [0.25, 0.3) is 5.56 Å². The van der Waals surface area contributed by atoms with E-state index in [-0.39, 0.29) is 16.8 Å². The summed E-state index contributed by atoms with van der Waals surface area (Å²) in [4.78, 5) is 37.1. The second-order valence-corrected chi connectivity index (χ2v) is 9.53. The van der Waals surface area contributed by atoms with Gasteiger partial charge in [-0.15, -0.1) is 0 Å². The molecule has 3 aromatic carbocycles. The first-order chi connectivity index (χ1) is 19.5. The molecule has 0 unspecified atom stereocenters. The molecule has 40 heavy (non-hydrogen) atoms. The molecule has 9 heteroatoms. The molecule has 0 saturated carbocycles. The van der Waals surface area contributed by atoms with Gasteiger partial charge < -0.3 is 4.74 Å². The van der Waals surface area contributed by atoms with Crippen LogP contribution in [0.2, 0.25) is 5.02 Å². The summed E-state index contributed by atoms with van der Waals surface area (Å²) in [5, 5.41) is 0.547. The van der Waals surface area contributed by atoms with E-state index in [4.69, 9.17) is 21.3 Å². The van der Waals surface area contributed by atoms with E-state index in [1.807, 2.05) is 67.6 Å². The Morgan fingerprint density at radius 3 is 2.05 bits per heavy atom. The smallest absolute Gasteiger partial charge is 0.335 e. The lowest BCUT2D eigenvalue weighted by Crippen LogP contribution is -2.26. The first-order valence-corrected chi connectivity index (χ1v) is 13.1. The summed E-state index contributed by atoms with van der Waals surface area (Å²) in [5.74, 6) is 0.936. The molecule has 3 heterocycles. The highest BCUT2D eigenvalue weighted by Crippen LogP contribution is 2.27. The molecule has 0 aliphatic rings. The number of aromatic nitrogens is 5. The van der Waals surface area contributed by atoms with E-state index in [2.05, 4.69) is 4.98 Å². The van der Waals surface area contributed by atoms with Gasteiger partial charge in [-0.3, -0.25) is 13.9 Å². The summed E-state index contributed by atoms with van der Waals surface area (Å²) in [6.45, 7) is 2.15. The average Bonchev–Trinajstić information content (AvgIpc) is 3.29. The van der Waals surface area contributed by atoms with Crippen molar-refractivity contribution in [3.8, 4) is 39.8 Å². The zero-order valence-electron chi connectivity index (χ0n) is 21.8. The van der Waals surface area contributed by atoms with Crippen molar-refractivity contribution in [3.63, 3.8) is 0 Å². The fraction of sp³-hybridized carbons (Fsp3) is 0.0968. The Morgan fingerprint density at radius 2 is 1.43 bits per heavy atom. The van der Waals surface area contributed by atoms with Crippen molar-refractivity contribution >= 4 is 22.8 Å². The minimum atomic E-state index is -0.348. The number of rotatable bonds is 6. The van der Waals surface area contributed by atoms with Gasteiger partial charge in [0.05, 0.1) is 18.5 Å². The molecular formula is C31H24ClN5O3. The molecule has 0 amide bonds. The van der Waals surface area contributed by atoms with Gasteiger partial charge in [-0.2, -0.15) is 0 Å². The van der Waals surface area contributed by atoms with Crippen LogP contribution in [0.15, 0.2) is 107 Å². The molecule has 3 aromatic heterocycles. The SMILES string of the molecule is CCn1c(=O)n(-c2ccccc2)c2nc(-c3ccc(-c4ccc(OC)nc4)cc3)n(-c3ccc(Cl)cc3)c(=O)c21. The van der Waals surface area contributed by atoms with E-state index < -0.39 is 0 Å². The summed E-state index contributed by atoms with van der Waals surface area (Å²) in [6, 6.07) is 27.6. The fourth-order valence-corrected chi connectivity index (χ4v) is 4.94. The van der Waals surface area contributed by atoms with Crippen LogP contribution in [-0.4, -0.2) is 30.8 Å². The largest absolute Gasteiger partial charge is 0.481 e. The number of methoxy groups -OCH3 is 1. The molecule has 6 rings (SSSR count). The molecule has 0 atom stereocenters. The molecule has 6 aromatic rings. The van der Waals surface area contributed by atoms with E-state index in [9.17, 15) is 9.59 Å². The average molecular weight is 550 g/mol. The Labute approximate surface area is 234 Å². The van der Waals surface area contributed by atoms with Crippen LogP contribution in [0.3, 0.4) is 0 Å². The lowest BCUT2D eigenvalue weighted by molar-refractivity contribution is 0.398. The van der Waals surface area contributed by atoms with Crippen LogP contribution in [0.5, 0.6) is 5.88 Å². The van der Waals surface area contributed by atoms with Crippen LogP contribution in [0.25, 0.3) is 45.1 Å². The molecule has 198 valence electrons. The van der Waals surface area contributed by atoms with Crippen molar-refractivity contribution in [2.24, 2.45) is 0 Å². The van der Waals surface area contributed by atoms with Gasteiger partial charge in [0.15, 0.2) is 11.2 Å². The number of ether oxygens (including phenoxy) is 1. The molecule has 0 bridgehead atoms. The number of hydrogen-bond acceptors (Lipinski definition) is 5. The molecule has 8 nitrogen and oxygen atoms in total. The van der Waals surface area contributed by atoms with Gasteiger partial charge in [-0.05, 0) is 55.0 Å². The molecule has 0 aliphatic heterocycles. The molecule has 0 aliphatic carbocycles. The maximum absolute atomic E-state index is 14.2. The predicted octanol–water partition coefficient (Wildman–Crippen LogP) is 5.75. The quantitative estimate of drug-likeness (QED) is 0.264. The summed E-state index contributed by atoms with van der Waals surface area (Å²) in [5.41, 5.74) is 3.65. The number of nitrogens with zero attached hydrogens (tertiary/aromatic N) is 5. The number of aryl methyl sites for hydroxylation is 1. The molecule has 0 radical (unpaired) electrons. The Morgan fingerprint density at radius 1 is 0.775 bits per heavy atom. The van der Waals surface area contributed by atoms with Crippen LogP contribution in [0.1, 0.15) is 6.92 Å². The fourth-order valence-electron chi connectivity index (χ4n) is 4.81. The standard InChI is InChI=1S/C31H24ClN5O3/c1-3-35-27-29(37(31(35)39)24-7-5-4-6-8-24)34-28(36(30(27)38)25-16-14-23(32)15-17-25)21-11-9-20(10-12-21)22-13-18-26(40-2)33-19-22/h4-19H,3H2,1-2H3. The zero-order chi connectivity index (χ0) is 27.8. The Kier molecular flexibility index (Phi) is 6.53. The maximum Gasteiger partial charge on any atom is 0.335 e. The molecule has 0 saturated heterocycles. The molecule has 0 spiro atoms. The van der Waals surface area contributed by atoms with E-state index in [1.54, 1.807) is 43.6 Å². The van der Waals surface area contributed by atoms with E-state index >= 15 is 0 Å². The van der Waals surface area contributed by atoms with Crippen molar-refractivity contribution < 1.29 is 4.74 Å². The summed E-state index contributed by atoms with van der Waals surface area (Å²) < 4.78 is 9.66. The van der Waals surface area contributed by atoms with Gasteiger partial charge in [0, 0.05) is 35.0 Å². The van der Waals surface area contributed by atoms with Crippen LogP contribution in [0, 0.1) is 0 Å². The van der Waals surface area contributed by atoms with E-state index in [1.165, 1.54) is 13.7 Å². The number of benzene rings is 3. The van der Waals surface area contributed by atoms with E-state index in [0.29, 0.717) is 45.9 Å². The first kappa shape index (κ1) is 25.3. The molecular weight excluding hydrogens is 526 g/mol. The minimum absolute atomic E-state index is 0.232. The number of hydrogen-bond donors (Lipinski definition) is 0. The van der Waals surface area contributed by atoms with Crippen LogP contribution in [-0.2, 0) is 6.54 Å². The third-order valence-electron chi connectivity index (χ3n) is 6.78. The third-order valence-corrected chi connectivity index (χ3v) is 7.03. The Hall–Kier alpha value is -4.95. The van der Waals surface area contributed by atoms with Gasteiger partial charge in [-0.1, -0.05) is 54.1 Å². The molecule has 0 N–H and O–H groups in total. The lowest BCUT2D eigenvalue weighted by Gasteiger charge is -2.14. The summed E-state index contributed by atoms with van der Waals surface area (Å²) in [7, 11) is 1.58. The van der Waals surface area contributed by atoms with Crippen molar-refractivity contribution in [2.75, 3.05) is 7.11 Å². The van der Waals surface area contributed by atoms with E-state index in [0.717, 1.165) is 11.1 Å². The van der Waals surface area contributed by atoms with Crippen molar-refractivity contribution in [3.05, 3.63) is 123 Å². The van der Waals surface area contributed by atoms with Gasteiger partial charge in [0.2, 0.25) is 5.88 Å². The minimum Gasteiger partial charge on any atom is -0.481 e. The lowest BCUT2D eigenvalue weighted by atomic mass is 10.1. The van der Waals surface area contributed by atoms with Gasteiger partial charge in [0.1, 0.15) is 5.82 Å².